The van der Waals surface area contributed by atoms with Gasteiger partial charge in [0.05, 0.1) is 11.9 Å². The molecule has 0 spiro atoms. The van der Waals surface area contributed by atoms with Crippen LogP contribution in [0.4, 0.5) is 5.69 Å². The Morgan fingerprint density at radius 2 is 1.64 bits per heavy atom. The lowest BCUT2D eigenvalue weighted by Crippen LogP contribution is -2.53. The number of anilines is 1. The number of carbonyl (C=O) groups is 2. The van der Waals surface area contributed by atoms with Crippen molar-refractivity contribution in [1.82, 2.24) is 10.2 Å². The quantitative estimate of drug-likeness (QED) is 0.463. The predicted molar refractivity (Wildman–Crippen MR) is 145 cm³/mol. The Labute approximate surface area is 223 Å². The van der Waals surface area contributed by atoms with Crippen LogP contribution >= 0.6 is 23.2 Å². The molecule has 2 aromatic carbocycles. The highest BCUT2D eigenvalue weighted by Crippen LogP contribution is 2.27. The van der Waals surface area contributed by atoms with Crippen molar-refractivity contribution in [3.63, 3.8) is 0 Å². The van der Waals surface area contributed by atoms with E-state index < -0.39 is 28.5 Å². The minimum absolute atomic E-state index is 0.0981. The van der Waals surface area contributed by atoms with E-state index in [0.29, 0.717) is 6.42 Å². The van der Waals surface area contributed by atoms with E-state index >= 15 is 0 Å². The number of sulfonamides is 1. The summed E-state index contributed by atoms with van der Waals surface area (Å²) < 4.78 is 26.3. The average molecular weight is 555 g/mol. The fourth-order valence-corrected chi connectivity index (χ4v) is 5.78. The normalized spacial score (nSPS) is 15.2. The second-order valence-electron chi connectivity index (χ2n) is 9.24. The third-order valence-electron chi connectivity index (χ3n) is 6.42. The fourth-order valence-electron chi connectivity index (χ4n) is 4.44. The molecular formula is C26H33Cl2N3O4S. The molecule has 10 heteroatoms. The van der Waals surface area contributed by atoms with Crippen molar-refractivity contribution in [3.05, 3.63) is 64.1 Å². The first-order chi connectivity index (χ1) is 17.0. The fraction of sp³-hybridized carbons (Fsp3) is 0.462. The Morgan fingerprint density at radius 3 is 2.22 bits per heavy atom. The molecule has 0 heterocycles. The van der Waals surface area contributed by atoms with Gasteiger partial charge in [-0.2, -0.15) is 0 Å². The van der Waals surface area contributed by atoms with Gasteiger partial charge in [-0.15, -0.1) is 0 Å². The monoisotopic (exact) mass is 553 g/mol. The van der Waals surface area contributed by atoms with Crippen LogP contribution in [0, 0.1) is 0 Å². The molecule has 2 aromatic rings. The molecule has 0 bridgehead atoms. The van der Waals surface area contributed by atoms with Crippen LogP contribution in [-0.4, -0.2) is 56.6 Å². The van der Waals surface area contributed by atoms with Gasteiger partial charge in [-0.1, -0.05) is 72.8 Å². The number of amides is 2. The summed E-state index contributed by atoms with van der Waals surface area (Å²) in [7, 11) is -3.85. The predicted octanol–water partition coefficient (Wildman–Crippen LogP) is 4.67. The Bertz CT molecular complexity index is 1130. The number of nitrogens with one attached hydrogen (secondary N) is 1. The van der Waals surface area contributed by atoms with Crippen molar-refractivity contribution in [1.29, 1.82) is 0 Å². The number of nitrogens with zero attached hydrogens (tertiary/aromatic N) is 2. The van der Waals surface area contributed by atoms with Crippen molar-refractivity contribution in [2.24, 2.45) is 0 Å². The summed E-state index contributed by atoms with van der Waals surface area (Å²) in [5, 5.41) is 3.58. The Balaban J connectivity index is 1.83. The average Bonchev–Trinajstić information content (AvgIpc) is 2.82. The molecule has 1 unspecified atom stereocenters. The van der Waals surface area contributed by atoms with Gasteiger partial charge in [0.2, 0.25) is 21.8 Å². The molecule has 1 aliphatic rings. The maximum absolute atomic E-state index is 13.6. The summed E-state index contributed by atoms with van der Waals surface area (Å²) in [4.78, 5) is 28.2. The summed E-state index contributed by atoms with van der Waals surface area (Å²) in [5.74, 6) is -0.723. The van der Waals surface area contributed by atoms with E-state index in [2.05, 4.69) is 5.32 Å². The highest BCUT2D eigenvalue weighted by Gasteiger charge is 2.31. The Morgan fingerprint density at radius 1 is 1.03 bits per heavy atom. The maximum Gasteiger partial charge on any atom is 0.244 e. The van der Waals surface area contributed by atoms with E-state index in [1.54, 1.807) is 6.92 Å². The van der Waals surface area contributed by atoms with Crippen LogP contribution in [0.5, 0.6) is 0 Å². The number of carbonyl (C=O) groups excluding carboxylic acids is 2. The molecule has 0 aromatic heterocycles. The number of halogens is 2. The topological polar surface area (TPSA) is 86.8 Å². The Hall–Kier alpha value is -2.29. The van der Waals surface area contributed by atoms with Gasteiger partial charge < -0.3 is 10.2 Å². The summed E-state index contributed by atoms with van der Waals surface area (Å²) in [6, 6.07) is 13.3. The summed E-state index contributed by atoms with van der Waals surface area (Å²) in [5.41, 5.74) is 1.20. The van der Waals surface area contributed by atoms with Crippen LogP contribution in [0.1, 0.15) is 44.6 Å². The zero-order valence-corrected chi connectivity index (χ0v) is 23.0. The molecule has 1 fully saturated rings. The number of rotatable bonds is 10. The van der Waals surface area contributed by atoms with Crippen LogP contribution < -0.4 is 9.62 Å². The highest BCUT2D eigenvalue weighted by atomic mass is 35.5. The van der Waals surface area contributed by atoms with E-state index in [1.165, 1.54) is 29.5 Å². The van der Waals surface area contributed by atoms with Gasteiger partial charge in [0.15, 0.2) is 0 Å². The maximum atomic E-state index is 13.6. The highest BCUT2D eigenvalue weighted by molar-refractivity contribution is 7.92. The van der Waals surface area contributed by atoms with Crippen molar-refractivity contribution in [2.75, 3.05) is 23.7 Å². The molecule has 0 saturated heterocycles. The zero-order chi connectivity index (χ0) is 26.3. The van der Waals surface area contributed by atoms with Crippen LogP contribution in [-0.2, 0) is 26.0 Å². The summed E-state index contributed by atoms with van der Waals surface area (Å²) >= 11 is 12.2. The van der Waals surface area contributed by atoms with Crippen molar-refractivity contribution in [2.45, 2.75) is 57.5 Å². The van der Waals surface area contributed by atoms with E-state index in [1.807, 2.05) is 30.3 Å². The van der Waals surface area contributed by atoms with Gasteiger partial charge in [-0.3, -0.25) is 13.9 Å². The van der Waals surface area contributed by atoms with E-state index in [0.717, 1.165) is 41.8 Å². The number of hydrogen-bond donors (Lipinski definition) is 1. The SMILES string of the molecule is CC(C(=O)NC1CCCCC1)N(CCc1ccccc1)C(=O)CN(c1cc(Cl)cc(Cl)c1)S(C)(=O)=O. The van der Waals surface area contributed by atoms with E-state index in [9.17, 15) is 18.0 Å². The number of benzene rings is 2. The molecule has 0 aliphatic heterocycles. The molecular weight excluding hydrogens is 521 g/mol. The first kappa shape index (κ1) is 28.3. The van der Waals surface area contributed by atoms with Gasteiger partial charge in [0.1, 0.15) is 12.6 Å². The third-order valence-corrected chi connectivity index (χ3v) is 7.99. The molecule has 3 rings (SSSR count). The third kappa shape index (κ3) is 8.11. The van der Waals surface area contributed by atoms with E-state index in [-0.39, 0.29) is 34.2 Å². The molecule has 1 saturated carbocycles. The summed E-state index contributed by atoms with van der Waals surface area (Å²) in [6.45, 7) is 1.46. The largest absolute Gasteiger partial charge is 0.352 e. The lowest BCUT2D eigenvalue weighted by atomic mass is 9.95. The molecule has 36 heavy (non-hydrogen) atoms. The minimum Gasteiger partial charge on any atom is -0.352 e. The van der Waals surface area contributed by atoms with Crippen LogP contribution in [0.2, 0.25) is 10.0 Å². The first-order valence-corrected chi connectivity index (χ1v) is 14.7. The smallest absolute Gasteiger partial charge is 0.244 e. The van der Waals surface area contributed by atoms with Gasteiger partial charge in [0, 0.05) is 22.6 Å². The van der Waals surface area contributed by atoms with Crippen molar-refractivity contribution in [3.8, 4) is 0 Å². The van der Waals surface area contributed by atoms with Gasteiger partial charge in [-0.25, -0.2) is 8.42 Å². The van der Waals surface area contributed by atoms with Crippen LogP contribution in [0.3, 0.4) is 0 Å². The molecule has 1 atom stereocenters. The summed E-state index contributed by atoms with van der Waals surface area (Å²) in [6.07, 6.45) is 6.70. The van der Waals surface area contributed by atoms with E-state index in [4.69, 9.17) is 23.2 Å². The van der Waals surface area contributed by atoms with Crippen LogP contribution in [0.15, 0.2) is 48.5 Å². The molecule has 7 nitrogen and oxygen atoms in total. The Kier molecular flexibility index (Phi) is 10.0. The second-order valence-corrected chi connectivity index (χ2v) is 12.0. The van der Waals surface area contributed by atoms with Gasteiger partial charge in [0.25, 0.3) is 0 Å². The standard InChI is InChI=1S/C26H33Cl2N3O4S/c1-19(26(33)29-23-11-7-4-8-12-23)30(14-13-20-9-5-3-6-10-20)25(32)18-31(36(2,34)35)24-16-21(27)15-22(28)17-24/h3,5-6,9-10,15-17,19,23H,4,7-8,11-14,18H2,1-2H3,(H,29,33). The first-order valence-electron chi connectivity index (χ1n) is 12.1. The van der Waals surface area contributed by atoms with Crippen LogP contribution in [0.25, 0.3) is 0 Å². The molecule has 2 amide bonds. The lowest BCUT2D eigenvalue weighted by Gasteiger charge is -2.33. The van der Waals surface area contributed by atoms with Gasteiger partial charge >= 0.3 is 0 Å². The minimum atomic E-state index is -3.85. The van der Waals surface area contributed by atoms with Crippen molar-refractivity contribution >= 4 is 50.7 Å². The zero-order valence-electron chi connectivity index (χ0n) is 20.6. The van der Waals surface area contributed by atoms with Gasteiger partial charge in [-0.05, 0) is 49.9 Å². The number of hydrogen-bond acceptors (Lipinski definition) is 4. The molecule has 0 radical (unpaired) electrons. The lowest BCUT2D eigenvalue weighted by molar-refractivity contribution is -0.139. The second kappa shape index (κ2) is 12.8. The molecule has 1 N–H and O–H groups in total. The molecule has 1 aliphatic carbocycles. The van der Waals surface area contributed by atoms with Crippen molar-refractivity contribution < 1.29 is 18.0 Å². The molecule has 196 valence electrons.